The highest BCUT2D eigenvalue weighted by Crippen LogP contribution is 2.23. The largest absolute Gasteiger partial charge is 0.467 e. The van der Waals surface area contributed by atoms with Gasteiger partial charge in [0.15, 0.2) is 0 Å². The van der Waals surface area contributed by atoms with Gasteiger partial charge in [0, 0.05) is 24.2 Å². The summed E-state index contributed by atoms with van der Waals surface area (Å²) < 4.78 is 5.30. The molecule has 2 unspecified atom stereocenters. The van der Waals surface area contributed by atoms with E-state index in [0.29, 0.717) is 30.1 Å². The van der Waals surface area contributed by atoms with Gasteiger partial charge >= 0.3 is 0 Å². The minimum atomic E-state index is -0.402. The first-order valence-corrected chi connectivity index (χ1v) is 10.6. The summed E-state index contributed by atoms with van der Waals surface area (Å²) in [7, 11) is 0. The van der Waals surface area contributed by atoms with Crippen LogP contribution in [0.5, 0.6) is 0 Å². The second kappa shape index (κ2) is 9.51. The molecule has 2 N–H and O–H groups in total. The molecule has 32 heavy (non-hydrogen) atoms. The zero-order valence-electron chi connectivity index (χ0n) is 17.8. The van der Waals surface area contributed by atoms with Crippen LogP contribution in [0.4, 0.5) is 5.69 Å². The Hall–Kier alpha value is -3.87. The monoisotopic (exact) mass is 431 g/mol. The molecule has 0 saturated carbocycles. The molecule has 3 amide bonds. The van der Waals surface area contributed by atoms with E-state index in [-0.39, 0.29) is 30.2 Å². The minimum absolute atomic E-state index is 0.0557. The van der Waals surface area contributed by atoms with Crippen molar-refractivity contribution in [3.05, 3.63) is 89.9 Å². The summed E-state index contributed by atoms with van der Waals surface area (Å²) in [6.45, 7) is 2.62. The fourth-order valence-corrected chi connectivity index (χ4v) is 3.78. The van der Waals surface area contributed by atoms with E-state index < -0.39 is 5.92 Å². The van der Waals surface area contributed by atoms with Crippen molar-refractivity contribution in [2.45, 2.75) is 25.9 Å². The molecule has 7 nitrogen and oxygen atoms in total. The number of nitrogens with zero attached hydrogens (tertiary/aromatic N) is 1. The van der Waals surface area contributed by atoms with Crippen LogP contribution in [0.1, 0.15) is 41.1 Å². The van der Waals surface area contributed by atoms with Gasteiger partial charge in [0.25, 0.3) is 5.91 Å². The topological polar surface area (TPSA) is 91.7 Å². The molecule has 0 radical (unpaired) electrons. The third-order valence-electron chi connectivity index (χ3n) is 5.55. The Balaban J connectivity index is 1.35. The van der Waals surface area contributed by atoms with Crippen LogP contribution in [0.15, 0.2) is 77.4 Å². The van der Waals surface area contributed by atoms with Gasteiger partial charge in [-0.05, 0) is 48.9 Å². The van der Waals surface area contributed by atoms with Crippen molar-refractivity contribution in [2.24, 2.45) is 5.92 Å². The van der Waals surface area contributed by atoms with E-state index in [2.05, 4.69) is 10.6 Å². The van der Waals surface area contributed by atoms with Crippen molar-refractivity contribution in [3.63, 3.8) is 0 Å². The van der Waals surface area contributed by atoms with Gasteiger partial charge in [-0.25, -0.2) is 0 Å². The van der Waals surface area contributed by atoms with Crippen LogP contribution in [0, 0.1) is 5.92 Å². The van der Waals surface area contributed by atoms with Crippen molar-refractivity contribution in [2.75, 3.05) is 11.9 Å². The molecule has 2 heterocycles. The molecule has 7 heteroatoms. The SMILES string of the molecule is CC(NC(=O)C1CC(=O)N(Cc2ccco2)C1)c1cccc(NC(=O)c2ccccc2)c1. The van der Waals surface area contributed by atoms with E-state index in [1.54, 1.807) is 35.4 Å². The van der Waals surface area contributed by atoms with Crippen LogP contribution in [0.3, 0.4) is 0 Å². The third-order valence-corrected chi connectivity index (χ3v) is 5.55. The van der Waals surface area contributed by atoms with Gasteiger partial charge in [-0.3, -0.25) is 14.4 Å². The zero-order valence-corrected chi connectivity index (χ0v) is 17.8. The predicted octanol–water partition coefficient (Wildman–Crippen LogP) is 3.76. The first kappa shape index (κ1) is 21.4. The predicted molar refractivity (Wildman–Crippen MR) is 120 cm³/mol. The van der Waals surface area contributed by atoms with Gasteiger partial charge < -0.3 is 20.0 Å². The second-order valence-corrected chi connectivity index (χ2v) is 7.93. The van der Waals surface area contributed by atoms with Crippen molar-refractivity contribution in [1.29, 1.82) is 0 Å². The van der Waals surface area contributed by atoms with E-state index in [9.17, 15) is 14.4 Å². The summed E-state index contributed by atoms with van der Waals surface area (Å²) in [4.78, 5) is 39.1. The lowest BCUT2D eigenvalue weighted by molar-refractivity contribution is -0.129. The molecule has 0 spiro atoms. The molecule has 1 aliphatic heterocycles. The van der Waals surface area contributed by atoms with E-state index in [4.69, 9.17) is 4.42 Å². The maximum Gasteiger partial charge on any atom is 0.255 e. The number of rotatable bonds is 7. The number of benzene rings is 2. The molecule has 1 aliphatic rings. The summed E-state index contributed by atoms with van der Waals surface area (Å²) in [5.41, 5.74) is 2.09. The van der Waals surface area contributed by atoms with Crippen LogP contribution in [0.25, 0.3) is 0 Å². The first-order chi connectivity index (χ1) is 15.5. The van der Waals surface area contributed by atoms with E-state index >= 15 is 0 Å². The quantitative estimate of drug-likeness (QED) is 0.596. The standard InChI is InChI=1S/C25H25N3O4/c1-17(19-9-5-10-21(13-19)27-24(30)18-7-3-2-4-8-18)26-25(31)20-14-23(29)28(15-20)16-22-11-6-12-32-22/h2-13,17,20H,14-16H2,1H3,(H,26,31)(H,27,30). The number of nitrogens with one attached hydrogen (secondary N) is 2. The molecule has 2 aromatic carbocycles. The molecule has 0 bridgehead atoms. The fraction of sp³-hybridized carbons (Fsp3) is 0.240. The second-order valence-electron chi connectivity index (χ2n) is 7.93. The summed E-state index contributed by atoms with van der Waals surface area (Å²) in [5.74, 6) is -0.116. The molecular formula is C25H25N3O4. The van der Waals surface area contributed by atoms with E-state index in [1.807, 2.05) is 49.4 Å². The van der Waals surface area contributed by atoms with Crippen molar-refractivity contribution < 1.29 is 18.8 Å². The molecule has 164 valence electrons. The van der Waals surface area contributed by atoms with Crippen LogP contribution in [-0.2, 0) is 16.1 Å². The number of hydrogen-bond donors (Lipinski definition) is 2. The van der Waals surface area contributed by atoms with Gasteiger partial charge in [0.1, 0.15) is 5.76 Å². The molecule has 0 aliphatic carbocycles. The smallest absolute Gasteiger partial charge is 0.255 e. The third kappa shape index (κ3) is 5.06. The molecule has 2 atom stereocenters. The molecule has 4 rings (SSSR count). The Morgan fingerprint density at radius 1 is 1.09 bits per heavy atom. The fourth-order valence-electron chi connectivity index (χ4n) is 3.78. The normalized spacial score (nSPS) is 16.6. The summed E-state index contributed by atoms with van der Waals surface area (Å²) >= 11 is 0. The van der Waals surface area contributed by atoms with Gasteiger partial charge in [0.05, 0.1) is 24.8 Å². The highest BCUT2D eigenvalue weighted by atomic mass is 16.3. The number of likely N-dealkylation sites (tertiary alicyclic amines) is 1. The maximum atomic E-state index is 12.8. The first-order valence-electron chi connectivity index (χ1n) is 10.6. The Morgan fingerprint density at radius 2 is 1.91 bits per heavy atom. The van der Waals surface area contributed by atoms with E-state index in [1.165, 1.54) is 0 Å². The van der Waals surface area contributed by atoms with Crippen LogP contribution in [0.2, 0.25) is 0 Å². The Kier molecular flexibility index (Phi) is 6.35. The van der Waals surface area contributed by atoms with Crippen LogP contribution < -0.4 is 10.6 Å². The number of anilines is 1. The van der Waals surface area contributed by atoms with Gasteiger partial charge in [-0.15, -0.1) is 0 Å². The Bertz CT molecular complexity index is 1100. The zero-order chi connectivity index (χ0) is 22.5. The molecule has 1 saturated heterocycles. The van der Waals surface area contributed by atoms with Gasteiger partial charge in [-0.1, -0.05) is 30.3 Å². The van der Waals surface area contributed by atoms with Crippen molar-refractivity contribution in [3.8, 4) is 0 Å². The van der Waals surface area contributed by atoms with Crippen LogP contribution >= 0.6 is 0 Å². The van der Waals surface area contributed by atoms with Gasteiger partial charge in [0.2, 0.25) is 11.8 Å². The number of amides is 3. The van der Waals surface area contributed by atoms with Crippen molar-refractivity contribution >= 4 is 23.4 Å². The Morgan fingerprint density at radius 3 is 2.66 bits per heavy atom. The maximum absolute atomic E-state index is 12.8. The number of carbonyl (C=O) groups is 3. The number of furan rings is 1. The van der Waals surface area contributed by atoms with E-state index in [0.717, 1.165) is 5.56 Å². The highest BCUT2D eigenvalue weighted by Gasteiger charge is 2.35. The summed E-state index contributed by atoms with van der Waals surface area (Å²) in [6, 6.07) is 19.7. The molecule has 1 aromatic heterocycles. The minimum Gasteiger partial charge on any atom is -0.467 e. The summed E-state index contributed by atoms with van der Waals surface area (Å²) in [6.07, 6.45) is 1.75. The number of carbonyl (C=O) groups excluding carboxylic acids is 3. The molecule has 1 fully saturated rings. The molecular weight excluding hydrogens is 406 g/mol. The Labute approximate surface area is 186 Å². The lowest BCUT2D eigenvalue weighted by Crippen LogP contribution is -2.34. The average molecular weight is 431 g/mol. The lowest BCUT2D eigenvalue weighted by Gasteiger charge is -2.19. The van der Waals surface area contributed by atoms with Crippen LogP contribution in [-0.4, -0.2) is 29.2 Å². The summed E-state index contributed by atoms with van der Waals surface area (Å²) in [5, 5.41) is 5.88. The highest BCUT2D eigenvalue weighted by molar-refractivity contribution is 6.04. The number of hydrogen-bond acceptors (Lipinski definition) is 4. The van der Waals surface area contributed by atoms with Gasteiger partial charge in [-0.2, -0.15) is 0 Å². The average Bonchev–Trinajstić information content (AvgIpc) is 3.45. The lowest BCUT2D eigenvalue weighted by atomic mass is 10.0. The molecule has 3 aromatic rings. The van der Waals surface area contributed by atoms with Crippen molar-refractivity contribution in [1.82, 2.24) is 10.2 Å².